The second-order valence-corrected chi connectivity index (χ2v) is 4.96. The summed E-state index contributed by atoms with van der Waals surface area (Å²) in [6, 6.07) is 13.4. The Morgan fingerprint density at radius 3 is 2.47 bits per heavy atom. The van der Waals surface area contributed by atoms with E-state index in [1.54, 1.807) is 0 Å². The summed E-state index contributed by atoms with van der Waals surface area (Å²) >= 11 is 3.38. The third kappa shape index (κ3) is 3.89. The van der Waals surface area contributed by atoms with Gasteiger partial charge in [-0.15, -0.1) is 0 Å². The van der Waals surface area contributed by atoms with Crippen LogP contribution >= 0.6 is 15.9 Å². The van der Waals surface area contributed by atoms with Crippen molar-refractivity contribution in [3.05, 3.63) is 52.5 Å². The average molecular weight is 322 g/mol. The van der Waals surface area contributed by atoms with Gasteiger partial charge in [-0.05, 0) is 31.2 Å². The van der Waals surface area contributed by atoms with E-state index in [0.29, 0.717) is 13.2 Å². The molecule has 0 saturated carbocycles. The van der Waals surface area contributed by atoms with Crippen LogP contribution in [0.25, 0.3) is 0 Å². The van der Waals surface area contributed by atoms with Gasteiger partial charge in [0.1, 0.15) is 18.1 Å². The second-order valence-electron chi connectivity index (χ2n) is 4.04. The molecule has 0 amide bonds. The van der Waals surface area contributed by atoms with Gasteiger partial charge in [0.25, 0.3) is 0 Å². The quantitative estimate of drug-likeness (QED) is 0.846. The van der Waals surface area contributed by atoms with Crippen LogP contribution in [-0.4, -0.2) is 6.61 Å². The van der Waals surface area contributed by atoms with Crippen LogP contribution in [0.3, 0.4) is 0 Å². The van der Waals surface area contributed by atoms with Crippen molar-refractivity contribution in [2.75, 3.05) is 12.3 Å². The van der Waals surface area contributed by atoms with Gasteiger partial charge >= 0.3 is 0 Å². The average Bonchev–Trinajstić information content (AvgIpc) is 2.38. The minimum absolute atomic E-state index is 0.439. The molecule has 0 aliphatic carbocycles. The smallest absolute Gasteiger partial charge is 0.123 e. The fourth-order valence-electron chi connectivity index (χ4n) is 1.68. The largest absolute Gasteiger partial charge is 0.494 e. The van der Waals surface area contributed by atoms with Crippen molar-refractivity contribution in [1.29, 1.82) is 0 Å². The topological polar surface area (TPSA) is 44.5 Å². The Bertz CT molecular complexity index is 558. The van der Waals surface area contributed by atoms with Crippen molar-refractivity contribution in [2.24, 2.45) is 0 Å². The molecule has 0 aliphatic heterocycles. The third-order valence-electron chi connectivity index (χ3n) is 2.62. The van der Waals surface area contributed by atoms with Crippen LogP contribution in [0.15, 0.2) is 46.9 Å². The van der Waals surface area contributed by atoms with Crippen LogP contribution in [0.2, 0.25) is 0 Å². The van der Waals surface area contributed by atoms with Gasteiger partial charge in [-0.25, -0.2) is 0 Å². The van der Waals surface area contributed by atoms with E-state index in [-0.39, 0.29) is 0 Å². The lowest BCUT2D eigenvalue weighted by Crippen LogP contribution is -2.00. The molecule has 2 aromatic carbocycles. The Hall–Kier alpha value is -1.68. The molecular formula is C15H16BrNO2. The van der Waals surface area contributed by atoms with Gasteiger partial charge in [0.2, 0.25) is 0 Å². The first-order valence-corrected chi connectivity index (χ1v) is 6.88. The lowest BCUT2D eigenvalue weighted by molar-refractivity contribution is 0.300. The number of nitrogen functional groups attached to an aromatic ring is 1. The molecule has 0 atom stereocenters. The predicted octanol–water partition coefficient (Wildman–Crippen LogP) is 4.01. The maximum Gasteiger partial charge on any atom is 0.123 e. The Morgan fingerprint density at radius 2 is 1.79 bits per heavy atom. The van der Waals surface area contributed by atoms with Gasteiger partial charge in [0.15, 0.2) is 0 Å². The number of ether oxygens (including phenoxy) is 2. The van der Waals surface area contributed by atoms with Crippen LogP contribution < -0.4 is 15.2 Å². The summed E-state index contributed by atoms with van der Waals surface area (Å²) in [6.45, 7) is 3.04. The van der Waals surface area contributed by atoms with E-state index in [1.165, 1.54) is 0 Å². The number of hydrogen-bond acceptors (Lipinski definition) is 3. The maximum atomic E-state index is 5.93. The summed E-state index contributed by atoms with van der Waals surface area (Å²) in [4.78, 5) is 0. The zero-order valence-corrected chi connectivity index (χ0v) is 12.3. The summed E-state index contributed by atoms with van der Waals surface area (Å²) in [6.07, 6.45) is 0. The third-order valence-corrected chi connectivity index (χ3v) is 3.11. The summed E-state index contributed by atoms with van der Waals surface area (Å²) in [5.41, 5.74) is 7.61. The lowest BCUT2D eigenvalue weighted by atomic mass is 10.2. The van der Waals surface area contributed by atoms with E-state index in [0.717, 1.165) is 27.2 Å². The summed E-state index contributed by atoms with van der Waals surface area (Å²) in [5.74, 6) is 1.58. The molecule has 4 heteroatoms. The first kappa shape index (κ1) is 13.7. The molecule has 0 aliphatic rings. The SMILES string of the molecule is CCOc1cccc(OCc2ccc(Br)cc2N)c1. The van der Waals surface area contributed by atoms with Gasteiger partial charge in [-0.2, -0.15) is 0 Å². The fraction of sp³-hybridized carbons (Fsp3) is 0.200. The van der Waals surface area contributed by atoms with Gasteiger partial charge in [0.05, 0.1) is 6.61 Å². The minimum Gasteiger partial charge on any atom is -0.494 e. The zero-order valence-electron chi connectivity index (χ0n) is 10.7. The van der Waals surface area contributed by atoms with Gasteiger partial charge < -0.3 is 15.2 Å². The molecule has 3 nitrogen and oxygen atoms in total. The molecule has 0 aromatic heterocycles. The number of rotatable bonds is 5. The maximum absolute atomic E-state index is 5.93. The van der Waals surface area contributed by atoms with Crippen molar-refractivity contribution in [1.82, 2.24) is 0 Å². The van der Waals surface area contributed by atoms with Crippen LogP contribution in [0.1, 0.15) is 12.5 Å². The van der Waals surface area contributed by atoms with Crippen LogP contribution in [-0.2, 0) is 6.61 Å². The molecule has 2 aromatic rings. The second kappa shape index (κ2) is 6.48. The molecule has 19 heavy (non-hydrogen) atoms. The molecule has 0 unspecified atom stereocenters. The summed E-state index contributed by atoms with van der Waals surface area (Å²) in [7, 11) is 0. The van der Waals surface area contributed by atoms with E-state index < -0.39 is 0 Å². The number of nitrogens with two attached hydrogens (primary N) is 1. The molecule has 0 saturated heterocycles. The standard InChI is InChI=1S/C15H16BrNO2/c1-2-18-13-4-3-5-14(9-13)19-10-11-6-7-12(16)8-15(11)17/h3-9H,2,10,17H2,1H3. The van der Waals surface area contributed by atoms with Crippen LogP contribution in [0.4, 0.5) is 5.69 Å². The van der Waals surface area contributed by atoms with Crippen molar-refractivity contribution >= 4 is 21.6 Å². The van der Waals surface area contributed by atoms with E-state index in [9.17, 15) is 0 Å². The van der Waals surface area contributed by atoms with Gasteiger partial charge in [-0.1, -0.05) is 28.1 Å². The highest BCUT2D eigenvalue weighted by molar-refractivity contribution is 9.10. The normalized spacial score (nSPS) is 10.2. The fourth-order valence-corrected chi connectivity index (χ4v) is 2.06. The number of benzene rings is 2. The number of halogens is 1. The Kier molecular flexibility index (Phi) is 4.68. The molecule has 2 N–H and O–H groups in total. The molecule has 0 radical (unpaired) electrons. The molecule has 2 rings (SSSR count). The first-order chi connectivity index (χ1) is 9.19. The van der Waals surface area contributed by atoms with E-state index in [1.807, 2.05) is 49.4 Å². The van der Waals surface area contributed by atoms with Crippen molar-refractivity contribution in [3.63, 3.8) is 0 Å². The van der Waals surface area contributed by atoms with E-state index in [2.05, 4.69) is 15.9 Å². The molecule has 0 heterocycles. The van der Waals surface area contributed by atoms with Gasteiger partial charge in [-0.3, -0.25) is 0 Å². The van der Waals surface area contributed by atoms with Gasteiger partial charge in [0, 0.05) is 21.8 Å². The van der Waals surface area contributed by atoms with Crippen molar-refractivity contribution < 1.29 is 9.47 Å². The van der Waals surface area contributed by atoms with Crippen molar-refractivity contribution in [3.8, 4) is 11.5 Å². The number of anilines is 1. The monoisotopic (exact) mass is 321 g/mol. The lowest BCUT2D eigenvalue weighted by Gasteiger charge is -2.10. The molecule has 0 bridgehead atoms. The molecular weight excluding hydrogens is 306 g/mol. The van der Waals surface area contributed by atoms with Crippen LogP contribution in [0.5, 0.6) is 11.5 Å². The van der Waals surface area contributed by atoms with E-state index in [4.69, 9.17) is 15.2 Å². The molecule has 100 valence electrons. The molecule has 0 fully saturated rings. The Balaban J connectivity index is 2.03. The summed E-state index contributed by atoms with van der Waals surface area (Å²) < 4.78 is 12.1. The van der Waals surface area contributed by atoms with Crippen LogP contribution in [0, 0.1) is 0 Å². The highest BCUT2D eigenvalue weighted by atomic mass is 79.9. The Labute approximate surface area is 121 Å². The summed E-state index contributed by atoms with van der Waals surface area (Å²) in [5, 5.41) is 0. The van der Waals surface area contributed by atoms with Crippen molar-refractivity contribution in [2.45, 2.75) is 13.5 Å². The predicted molar refractivity (Wildman–Crippen MR) is 80.5 cm³/mol. The Morgan fingerprint density at radius 1 is 1.05 bits per heavy atom. The number of hydrogen-bond donors (Lipinski definition) is 1. The highest BCUT2D eigenvalue weighted by Crippen LogP contribution is 2.23. The minimum atomic E-state index is 0.439. The highest BCUT2D eigenvalue weighted by Gasteiger charge is 2.02. The zero-order chi connectivity index (χ0) is 13.7. The molecule has 0 spiro atoms. The van der Waals surface area contributed by atoms with E-state index >= 15 is 0 Å². The first-order valence-electron chi connectivity index (χ1n) is 6.08.